The summed E-state index contributed by atoms with van der Waals surface area (Å²) in [4.78, 5) is 15.1. The highest BCUT2D eigenvalue weighted by Gasteiger charge is 2.20. The number of nitrogens with one attached hydrogen (secondary N) is 2. The second-order valence-corrected chi connectivity index (χ2v) is 6.60. The minimum atomic E-state index is -0.481. The van der Waals surface area contributed by atoms with Crippen molar-refractivity contribution in [3.05, 3.63) is 29.8 Å². The van der Waals surface area contributed by atoms with E-state index in [2.05, 4.69) is 22.5 Å². The molecule has 1 aromatic carbocycles. The SMILES string of the molecule is CCC1CCC(NC(=NC)NCc2cccc(OCC(N)=O)c2)CC1. The molecule has 0 unspecified atom stereocenters. The molecule has 0 atom stereocenters. The smallest absolute Gasteiger partial charge is 0.255 e. The van der Waals surface area contributed by atoms with Crippen LogP contribution in [0.1, 0.15) is 44.6 Å². The highest BCUT2D eigenvalue weighted by atomic mass is 16.5. The lowest BCUT2D eigenvalue weighted by Gasteiger charge is -2.29. The van der Waals surface area contributed by atoms with Crippen molar-refractivity contribution < 1.29 is 9.53 Å². The molecule has 0 aliphatic heterocycles. The predicted octanol–water partition coefficient (Wildman–Crippen LogP) is 2.18. The molecule has 0 spiro atoms. The normalized spacial score (nSPS) is 20.8. The first-order valence-corrected chi connectivity index (χ1v) is 9.08. The fourth-order valence-electron chi connectivity index (χ4n) is 3.19. The number of carbonyl (C=O) groups excluding carboxylic acids is 1. The van der Waals surface area contributed by atoms with Gasteiger partial charge in [-0.15, -0.1) is 0 Å². The van der Waals surface area contributed by atoms with Gasteiger partial charge in [-0.05, 0) is 49.3 Å². The van der Waals surface area contributed by atoms with Gasteiger partial charge in [0.15, 0.2) is 12.6 Å². The van der Waals surface area contributed by atoms with Crippen LogP contribution in [-0.2, 0) is 11.3 Å². The topological polar surface area (TPSA) is 88.7 Å². The zero-order valence-corrected chi connectivity index (χ0v) is 15.3. The van der Waals surface area contributed by atoms with Crippen LogP contribution < -0.4 is 21.1 Å². The number of benzene rings is 1. The van der Waals surface area contributed by atoms with Gasteiger partial charge in [0.1, 0.15) is 5.75 Å². The summed E-state index contributed by atoms with van der Waals surface area (Å²) in [6.07, 6.45) is 6.29. The molecule has 1 aromatic rings. The van der Waals surface area contributed by atoms with E-state index in [0.29, 0.717) is 18.3 Å². The summed E-state index contributed by atoms with van der Waals surface area (Å²) in [6, 6.07) is 8.11. The number of hydrogen-bond acceptors (Lipinski definition) is 3. The number of ether oxygens (including phenoxy) is 1. The Morgan fingerprint density at radius 2 is 2.08 bits per heavy atom. The maximum absolute atomic E-state index is 10.8. The van der Waals surface area contributed by atoms with Gasteiger partial charge in [0.05, 0.1) is 0 Å². The monoisotopic (exact) mass is 346 g/mol. The van der Waals surface area contributed by atoms with Crippen LogP contribution in [0.25, 0.3) is 0 Å². The molecule has 4 N–H and O–H groups in total. The second kappa shape index (κ2) is 9.91. The number of nitrogens with two attached hydrogens (primary N) is 1. The fraction of sp³-hybridized carbons (Fsp3) is 0.579. The van der Waals surface area contributed by atoms with Gasteiger partial charge in [0, 0.05) is 19.6 Å². The van der Waals surface area contributed by atoms with Crippen LogP contribution in [0.3, 0.4) is 0 Å². The van der Waals surface area contributed by atoms with Gasteiger partial charge in [-0.1, -0.05) is 25.5 Å². The van der Waals surface area contributed by atoms with E-state index in [-0.39, 0.29) is 6.61 Å². The maximum atomic E-state index is 10.8. The average Bonchev–Trinajstić information content (AvgIpc) is 2.64. The van der Waals surface area contributed by atoms with E-state index >= 15 is 0 Å². The minimum absolute atomic E-state index is 0.111. The van der Waals surface area contributed by atoms with Gasteiger partial charge in [-0.25, -0.2) is 0 Å². The number of carbonyl (C=O) groups is 1. The summed E-state index contributed by atoms with van der Waals surface area (Å²) in [5, 5.41) is 6.86. The molecule has 0 aromatic heterocycles. The van der Waals surface area contributed by atoms with Gasteiger partial charge >= 0.3 is 0 Å². The van der Waals surface area contributed by atoms with Gasteiger partial charge in [0.2, 0.25) is 0 Å². The number of primary amides is 1. The van der Waals surface area contributed by atoms with E-state index < -0.39 is 5.91 Å². The van der Waals surface area contributed by atoms with E-state index in [9.17, 15) is 4.79 Å². The molecular weight excluding hydrogens is 316 g/mol. The Hall–Kier alpha value is -2.24. The number of rotatable bonds is 7. The summed E-state index contributed by atoms with van der Waals surface area (Å²) in [7, 11) is 1.79. The van der Waals surface area contributed by atoms with Crippen molar-refractivity contribution in [3.8, 4) is 5.75 Å². The van der Waals surface area contributed by atoms with Crippen molar-refractivity contribution in [1.82, 2.24) is 10.6 Å². The predicted molar refractivity (Wildman–Crippen MR) is 101 cm³/mol. The van der Waals surface area contributed by atoms with Crippen LogP contribution in [0.15, 0.2) is 29.3 Å². The molecule has 1 amide bonds. The Bertz CT molecular complexity index is 581. The third kappa shape index (κ3) is 6.64. The molecule has 2 rings (SSSR count). The number of guanidine groups is 1. The standard InChI is InChI=1S/C19H30N4O2/c1-3-14-7-9-16(10-8-14)23-19(21-2)22-12-15-5-4-6-17(11-15)25-13-18(20)24/h4-6,11,14,16H,3,7-10,12-13H2,1-2H3,(H2,20,24)(H2,21,22,23). The van der Waals surface area contributed by atoms with Crippen molar-refractivity contribution in [3.63, 3.8) is 0 Å². The van der Waals surface area contributed by atoms with Gasteiger partial charge < -0.3 is 21.1 Å². The quantitative estimate of drug-likeness (QED) is 0.521. The van der Waals surface area contributed by atoms with Crippen molar-refractivity contribution in [2.45, 2.75) is 51.6 Å². The first-order valence-electron chi connectivity index (χ1n) is 9.08. The van der Waals surface area contributed by atoms with Gasteiger partial charge in [-0.3, -0.25) is 9.79 Å². The average molecular weight is 346 g/mol. The van der Waals surface area contributed by atoms with Crippen molar-refractivity contribution in [1.29, 1.82) is 0 Å². The Kier molecular flexibility index (Phi) is 7.57. The van der Waals surface area contributed by atoms with Crippen LogP contribution in [0, 0.1) is 5.92 Å². The fourth-order valence-corrected chi connectivity index (χ4v) is 3.19. The lowest BCUT2D eigenvalue weighted by atomic mass is 9.84. The lowest BCUT2D eigenvalue weighted by molar-refractivity contribution is -0.119. The van der Waals surface area contributed by atoms with Crippen LogP contribution in [0.2, 0.25) is 0 Å². The zero-order chi connectivity index (χ0) is 18.1. The molecule has 1 saturated carbocycles. The van der Waals surface area contributed by atoms with Crippen LogP contribution in [-0.4, -0.2) is 31.6 Å². The summed E-state index contributed by atoms with van der Waals surface area (Å²) in [5.41, 5.74) is 6.16. The summed E-state index contributed by atoms with van der Waals surface area (Å²) in [6.45, 7) is 2.80. The molecule has 1 fully saturated rings. The minimum Gasteiger partial charge on any atom is -0.484 e. The van der Waals surface area contributed by atoms with Crippen LogP contribution >= 0.6 is 0 Å². The molecule has 138 valence electrons. The van der Waals surface area contributed by atoms with Crippen molar-refractivity contribution in [2.75, 3.05) is 13.7 Å². The Labute approximate surface area is 150 Å². The van der Waals surface area contributed by atoms with Crippen LogP contribution in [0.5, 0.6) is 5.75 Å². The Balaban J connectivity index is 1.80. The largest absolute Gasteiger partial charge is 0.484 e. The third-order valence-corrected chi connectivity index (χ3v) is 4.73. The molecule has 0 radical (unpaired) electrons. The first-order chi connectivity index (χ1) is 12.1. The molecule has 0 saturated heterocycles. The molecule has 1 aliphatic carbocycles. The maximum Gasteiger partial charge on any atom is 0.255 e. The molecular formula is C19H30N4O2. The third-order valence-electron chi connectivity index (χ3n) is 4.73. The van der Waals surface area contributed by atoms with E-state index in [0.717, 1.165) is 17.4 Å². The Morgan fingerprint density at radius 3 is 2.72 bits per heavy atom. The van der Waals surface area contributed by atoms with Gasteiger partial charge in [-0.2, -0.15) is 0 Å². The highest BCUT2D eigenvalue weighted by molar-refractivity contribution is 5.80. The molecule has 6 nitrogen and oxygen atoms in total. The van der Waals surface area contributed by atoms with Gasteiger partial charge in [0.25, 0.3) is 5.91 Å². The van der Waals surface area contributed by atoms with E-state index in [1.165, 1.54) is 32.1 Å². The van der Waals surface area contributed by atoms with Crippen LogP contribution in [0.4, 0.5) is 0 Å². The first kappa shape index (κ1) is 19.1. The summed E-state index contributed by atoms with van der Waals surface area (Å²) >= 11 is 0. The number of amides is 1. The van der Waals surface area contributed by atoms with E-state index in [1.807, 2.05) is 24.3 Å². The van der Waals surface area contributed by atoms with Crippen molar-refractivity contribution >= 4 is 11.9 Å². The number of nitrogens with zero attached hydrogens (tertiary/aromatic N) is 1. The molecule has 0 bridgehead atoms. The lowest BCUT2D eigenvalue weighted by Crippen LogP contribution is -2.44. The molecule has 25 heavy (non-hydrogen) atoms. The zero-order valence-electron chi connectivity index (χ0n) is 15.3. The second-order valence-electron chi connectivity index (χ2n) is 6.60. The van der Waals surface area contributed by atoms with E-state index in [1.54, 1.807) is 7.05 Å². The highest BCUT2D eigenvalue weighted by Crippen LogP contribution is 2.26. The number of hydrogen-bond donors (Lipinski definition) is 3. The molecule has 6 heteroatoms. The Morgan fingerprint density at radius 1 is 1.32 bits per heavy atom. The molecule has 0 heterocycles. The summed E-state index contributed by atoms with van der Waals surface area (Å²) < 4.78 is 5.34. The van der Waals surface area contributed by atoms with Crippen molar-refractivity contribution in [2.24, 2.45) is 16.6 Å². The molecule has 1 aliphatic rings. The van der Waals surface area contributed by atoms with E-state index in [4.69, 9.17) is 10.5 Å². The number of aliphatic imine (C=N–C) groups is 1. The summed E-state index contributed by atoms with van der Waals surface area (Å²) in [5.74, 6) is 1.87.